The van der Waals surface area contributed by atoms with Gasteiger partial charge in [-0.25, -0.2) is 12.8 Å². The molecule has 0 saturated carbocycles. The lowest BCUT2D eigenvalue weighted by Gasteiger charge is -2.24. The second kappa shape index (κ2) is 7.52. The van der Waals surface area contributed by atoms with Crippen LogP contribution in [0.5, 0.6) is 5.75 Å². The number of ether oxygens (including phenoxy) is 1. The molecular weight excluding hydrogens is 363 g/mol. The van der Waals surface area contributed by atoms with E-state index < -0.39 is 20.8 Å². The number of anilines is 1. The van der Waals surface area contributed by atoms with Gasteiger partial charge in [0, 0.05) is 6.07 Å². The molecule has 0 atom stereocenters. The van der Waals surface area contributed by atoms with E-state index in [1.165, 1.54) is 50.4 Å². The minimum atomic E-state index is -4.18. The molecule has 2 aromatic rings. The summed E-state index contributed by atoms with van der Waals surface area (Å²) in [4.78, 5) is 10.2. The first-order chi connectivity index (χ1) is 12.2. The average molecular weight is 380 g/mol. The maximum absolute atomic E-state index is 14.0. The first-order valence-electron chi connectivity index (χ1n) is 7.45. The molecule has 0 amide bonds. The number of nitrogens with zero attached hydrogens (tertiary/aromatic N) is 2. The molecule has 2 rings (SSSR count). The minimum absolute atomic E-state index is 0.0919. The lowest BCUT2D eigenvalue weighted by Crippen LogP contribution is -2.32. The number of rotatable bonds is 7. The van der Waals surface area contributed by atoms with E-state index in [4.69, 9.17) is 4.74 Å². The van der Waals surface area contributed by atoms with E-state index in [1.54, 1.807) is 0 Å². The van der Waals surface area contributed by atoms with Crippen LogP contribution in [0.2, 0.25) is 0 Å². The van der Waals surface area contributed by atoms with Crippen molar-refractivity contribution < 1.29 is 22.5 Å². The summed E-state index contributed by atoms with van der Waals surface area (Å²) in [6.07, 6.45) is 1.34. The third-order valence-corrected chi connectivity index (χ3v) is 5.52. The van der Waals surface area contributed by atoms with Gasteiger partial charge in [-0.3, -0.25) is 14.4 Å². The highest BCUT2D eigenvalue weighted by Crippen LogP contribution is 2.32. The molecule has 0 radical (unpaired) electrons. The quantitative estimate of drug-likeness (QED) is 0.417. The molecule has 138 valence electrons. The van der Waals surface area contributed by atoms with Crippen molar-refractivity contribution in [2.24, 2.45) is 0 Å². The molecule has 9 heteroatoms. The maximum atomic E-state index is 14.0. The standard InChI is InChI=1S/C17H17FN2O5S/c1-4-10-19(15-6-5-7-16(12(15)2)20(21)22)26(23,24)13-8-9-17(25-3)14(18)11-13/h4-9,11H,1,10H2,2-3H3. The zero-order valence-electron chi connectivity index (χ0n) is 14.2. The van der Waals surface area contributed by atoms with E-state index in [0.29, 0.717) is 0 Å². The normalized spacial score (nSPS) is 11.0. The third-order valence-electron chi connectivity index (χ3n) is 3.75. The second-order valence-corrected chi connectivity index (χ2v) is 7.16. The summed E-state index contributed by atoms with van der Waals surface area (Å²) in [5.74, 6) is -0.923. The summed E-state index contributed by atoms with van der Waals surface area (Å²) >= 11 is 0. The smallest absolute Gasteiger partial charge is 0.274 e. The zero-order chi connectivity index (χ0) is 19.5. The number of nitro groups is 1. The molecule has 26 heavy (non-hydrogen) atoms. The van der Waals surface area contributed by atoms with Gasteiger partial charge in [0.15, 0.2) is 11.6 Å². The number of hydrogen-bond acceptors (Lipinski definition) is 5. The second-order valence-electron chi connectivity index (χ2n) is 5.30. The summed E-state index contributed by atoms with van der Waals surface area (Å²) < 4.78 is 45.7. The van der Waals surface area contributed by atoms with Crippen molar-refractivity contribution in [3.63, 3.8) is 0 Å². The Hall–Kier alpha value is -2.94. The van der Waals surface area contributed by atoms with E-state index in [2.05, 4.69) is 6.58 Å². The molecule has 0 aliphatic rings. The fraction of sp³-hybridized carbons (Fsp3) is 0.176. The van der Waals surface area contributed by atoms with Crippen LogP contribution >= 0.6 is 0 Å². The van der Waals surface area contributed by atoms with Gasteiger partial charge < -0.3 is 4.74 Å². The van der Waals surface area contributed by atoms with Gasteiger partial charge in [-0.05, 0) is 31.2 Å². The van der Waals surface area contributed by atoms with Crippen LogP contribution in [0.1, 0.15) is 5.56 Å². The van der Waals surface area contributed by atoms with Crippen molar-refractivity contribution in [2.75, 3.05) is 18.0 Å². The Morgan fingerprint density at radius 2 is 2.04 bits per heavy atom. The zero-order valence-corrected chi connectivity index (χ0v) is 15.0. The maximum Gasteiger partial charge on any atom is 0.274 e. The fourth-order valence-electron chi connectivity index (χ4n) is 2.46. The number of halogens is 1. The van der Waals surface area contributed by atoms with Crippen molar-refractivity contribution in [1.82, 2.24) is 0 Å². The van der Waals surface area contributed by atoms with Crippen molar-refractivity contribution in [3.05, 3.63) is 70.5 Å². The summed E-state index contributed by atoms with van der Waals surface area (Å²) in [7, 11) is -2.92. The van der Waals surface area contributed by atoms with Gasteiger partial charge >= 0.3 is 0 Å². The molecule has 0 N–H and O–H groups in total. The monoisotopic (exact) mass is 380 g/mol. The molecule has 0 saturated heterocycles. The van der Waals surface area contributed by atoms with Crippen molar-refractivity contribution >= 4 is 21.4 Å². The fourth-order valence-corrected chi connectivity index (χ4v) is 3.96. The molecule has 0 aliphatic heterocycles. The Morgan fingerprint density at radius 1 is 1.35 bits per heavy atom. The van der Waals surface area contributed by atoms with Gasteiger partial charge in [-0.2, -0.15) is 0 Å². The van der Waals surface area contributed by atoms with Crippen LogP contribution < -0.4 is 9.04 Å². The number of sulfonamides is 1. The van der Waals surface area contributed by atoms with Gasteiger partial charge in [0.2, 0.25) is 0 Å². The third kappa shape index (κ3) is 3.52. The molecule has 0 heterocycles. The van der Waals surface area contributed by atoms with Gasteiger partial charge in [0.25, 0.3) is 15.7 Å². The summed E-state index contributed by atoms with van der Waals surface area (Å²) in [5.41, 5.74) is 0.0832. The SMILES string of the molecule is C=CCN(c1cccc([N+](=O)[O-])c1C)S(=O)(=O)c1ccc(OC)c(F)c1. The molecule has 0 spiro atoms. The Kier molecular flexibility index (Phi) is 5.61. The van der Waals surface area contributed by atoms with Crippen LogP contribution in [-0.4, -0.2) is 27.0 Å². The topological polar surface area (TPSA) is 89.8 Å². The first-order valence-corrected chi connectivity index (χ1v) is 8.89. The van der Waals surface area contributed by atoms with Crippen molar-refractivity contribution in [2.45, 2.75) is 11.8 Å². The Balaban J connectivity index is 2.63. The van der Waals surface area contributed by atoms with Gasteiger partial charge in [0.05, 0.1) is 34.7 Å². The Labute approximate surface area is 150 Å². The minimum Gasteiger partial charge on any atom is -0.494 e. The molecular formula is C17H17FN2O5S. The predicted molar refractivity (Wildman–Crippen MR) is 95.5 cm³/mol. The van der Waals surface area contributed by atoms with E-state index >= 15 is 0 Å². The van der Waals surface area contributed by atoms with Crippen LogP contribution in [0.3, 0.4) is 0 Å². The Bertz CT molecular complexity index is 960. The number of benzene rings is 2. The van der Waals surface area contributed by atoms with Crippen LogP contribution in [0.15, 0.2) is 53.9 Å². The molecule has 7 nitrogen and oxygen atoms in total. The van der Waals surface area contributed by atoms with Crippen LogP contribution in [0.25, 0.3) is 0 Å². The molecule has 0 aliphatic carbocycles. The molecule has 0 fully saturated rings. The van der Waals surface area contributed by atoms with Gasteiger partial charge in [-0.15, -0.1) is 6.58 Å². The highest BCUT2D eigenvalue weighted by molar-refractivity contribution is 7.92. The first kappa shape index (κ1) is 19.4. The highest BCUT2D eigenvalue weighted by Gasteiger charge is 2.28. The lowest BCUT2D eigenvalue weighted by molar-refractivity contribution is -0.385. The van der Waals surface area contributed by atoms with E-state index in [-0.39, 0.29) is 34.1 Å². The summed E-state index contributed by atoms with van der Waals surface area (Å²) in [6, 6.07) is 7.38. The average Bonchev–Trinajstić information content (AvgIpc) is 2.59. The van der Waals surface area contributed by atoms with Crippen molar-refractivity contribution in [3.8, 4) is 5.75 Å². The summed E-state index contributed by atoms with van der Waals surface area (Å²) in [5, 5.41) is 11.1. The van der Waals surface area contributed by atoms with Crippen LogP contribution in [0, 0.1) is 22.9 Å². The number of hydrogen-bond donors (Lipinski definition) is 0. The predicted octanol–water partition coefficient (Wildman–Crippen LogP) is 3.43. The van der Waals surface area contributed by atoms with E-state index in [1.807, 2.05) is 0 Å². The number of nitro benzene ring substituents is 1. The lowest BCUT2D eigenvalue weighted by atomic mass is 10.1. The van der Waals surface area contributed by atoms with Gasteiger partial charge in [0.1, 0.15) is 0 Å². The number of methoxy groups -OCH3 is 1. The molecule has 0 bridgehead atoms. The molecule has 2 aromatic carbocycles. The van der Waals surface area contributed by atoms with Gasteiger partial charge in [-0.1, -0.05) is 12.1 Å². The van der Waals surface area contributed by atoms with Crippen molar-refractivity contribution in [1.29, 1.82) is 0 Å². The molecule has 0 aromatic heterocycles. The summed E-state index contributed by atoms with van der Waals surface area (Å²) in [6.45, 7) is 4.84. The Morgan fingerprint density at radius 3 is 2.58 bits per heavy atom. The highest BCUT2D eigenvalue weighted by atomic mass is 32.2. The van der Waals surface area contributed by atoms with E-state index in [0.717, 1.165) is 10.4 Å². The molecule has 0 unspecified atom stereocenters. The van der Waals surface area contributed by atoms with Crippen LogP contribution in [0.4, 0.5) is 15.8 Å². The van der Waals surface area contributed by atoms with E-state index in [9.17, 15) is 22.9 Å². The van der Waals surface area contributed by atoms with Crippen LogP contribution in [-0.2, 0) is 10.0 Å². The largest absolute Gasteiger partial charge is 0.494 e.